The number of hydrogen-bond acceptors (Lipinski definition) is 4. The Balaban J connectivity index is 3.23. The summed E-state index contributed by atoms with van der Waals surface area (Å²) in [5.74, 6) is -2.41. The van der Waals surface area contributed by atoms with Crippen LogP contribution in [0.25, 0.3) is 0 Å². The maximum absolute atomic E-state index is 13.4. The van der Waals surface area contributed by atoms with Crippen LogP contribution in [0.1, 0.15) is 22.8 Å². The summed E-state index contributed by atoms with van der Waals surface area (Å²) in [4.78, 5) is 11.2. The van der Waals surface area contributed by atoms with Crippen molar-refractivity contribution in [3.8, 4) is 11.8 Å². The van der Waals surface area contributed by atoms with Crippen molar-refractivity contribution in [2.75, 3.05) is 6.61 Å². The third-order valence-corrected chi connectivity index (χ3v) is 1.73. The SMILES string of the molecule is CCOC(=O)c1ccc(O)c(C#N)c1F. The minimum atomic E-state index is -1.06. The first kappa shape index (κ1) is 11.0. The Labute approximate surface area is 85.5 Å². The fourth-order valence-electron chi connectivity index (χ4n) is 1.04. The zero-order valence-corrected chi connectivity index (χ0v) is 7.95. The summed E-state index contributed by atoms with van der Waals surface area (Å²) >= 11 is 0. The molecule has 0 fully saturated rings. The van der Waals surface area contributed by atoms with Crippen LogP contribution in [0, 0.1) is 17.1 Å². The summed E-state index contributed by atoms with van der Waals surface area (Å²) in [6.45, 7) is 1.70. The lowest BCUT2D eigenvalue weighted by molar-refractivity contribution is 0.0521. The van der Waals surface area contributed by atoms with Gasteiger partial charge in [-0.25, -0.2) is 9.18 Å². The van der Waals surface area contributed by atoms with E-state index in [1.54, 1.807) is 6.92 Å². The van der Waals surface area contributed by atoms with Gasteiger partial charge >= 0.3 is 5.97 Å². The molecular weight excluding hydrogens is 201 g/mol. The Kier molecular flexibility index (Phi) is 3.24. The van der Waals surface area contributed by atoms with Gasteiger partial charge in [-0.2, -0.15) is 5.26 Å². The summed E-state index contributed by atoms with van der Waals surface area (Å²) in [6.07, 6.45) is 0. The molecule has 15 heavy (non-hydrogen) atoms. The fraction of sp³-hybridized carbons (Fsp3) is 0.200. The maximum atomic E-state index is 13.4. The highest BCUT2D eigenvalue weighted by molar-refractivity contribution is 5.90. The monoisotopic (exact) mass is 209 g/mol. The van der Waals surface area contributed by atoms with Gasteiger partial charge in [-0.15, -0.1) is 0 Å². The van der Waals surface area contributed by atoms with Crippen LogP contribution < -0.4 is 0 Å². The van der Waals surface area contributed by atoms with Gasteiger partial charge in [0.2, 0.25) is 0 Å². The van der Waals surface area contributed by atoms with Gasteiger partial charge in [0.1, 0.15) is 17.4 Å². The zero-order valence-electron chi connectivity index (χ0n) is 7.95. The molecule has 1 N–H and O–H groups in total. The Bertz CT molecular complexity index is 437. The first-order valence-electron chi connectivity index (χ1n) is 4.20. The zero-order chi connectivity index (χ0) is 11.4. The number of esters is 1. The summed E-state index contributed by atoms with van der Waals surface area (Å²) < 4.78 is 18.0. The minimum Gasteiger partial charge on any atom is -0.506 e. The molecule has 0 radical (unpaired) electrons. The second-order valence-corrected chi connectivity index (χ2v) is 2.65. The molecule has 0 bridgehead atoms. The van der Waals surface area contributed by atoms with Gasteiger partial charge < -0.3 is 9.84 Å². The van der Waals surface area contributed by atoms with Crippen LogP contribution in [0.4, 0.5) is 4.39 Å². The summed E-state index contributed by atoms with van der Waals surface area (Å²) in [5, 5.41) is 17.6. The van der Waals surface area contributed by atoms with E-state index in [9.17, 15) is 9.18 Å². The van der Waals surface area contributed by atoms with Gasteiger partial charge in [0.25, 0.3) is 0 Å². The predicted octanol–water partition coefficient (Wildman–Crippen LogP) is 1.58. The quantitative estimate of drug-likeness (QED) is 0.750. The number of nitriles is 1. The molecule has 1 aromatic carbocycles. The molecule has 1 aromatic rings. The average Bonchev–Trinajstić information content (AvgIpc) is 2.18. The largest absolute Gasteiger partial charge is 0.506 e. The topological polar surface area (TPSA) is 70.3 Å². The first-order chi connectivity index (χ1) is 7.11. The van der Waals surface area contributed by atoms with E-state index in [0.29, 0.717) is 0 Å². The normalized spacial score (nSPS) is 9.40. The van der Waals surface area contributed by atoms with Gasteiger partial charge in [0.15, 0.2) is 5.82 Å². The van der Waals surface area contributed by atoms with Crippen molar-refractivity contribution in [1.29, 1.82) is 5.26 Å². The van der Waals surface area contributed by atoms with Crippen molar-refractivity contribution in [3.05, 3.63) is 29.1 Å². The molecule has 0 heterocycles. The molecule has 4 nitrogen and oxygen atoms in total. The molecule has 0 amide bonds. The highest BCUT2D eigenvalue weighted by Gasteiger charge is 2.18. The van der Waals surface area contributed by atoms with Crippen LogP contribution in [0.2, 0.25) is 0 Å². The van der Waals surface area contributed by atoms with Crippen molar-refractivity contribution < 1.29 is 19.0 Å². The molecule has 1 rings (SSSR count). The van der Waals surface area contributed by atoms with Crippen LogP contribution in [0.3, 0.4) is 0 Å². The van der Waals surface area contributed by atoms with Crippen LogP contribution in [-0.4, -0.2) is 17.7 Å². The van der Waals surface area contributed by atoms with Crippen molar-refractivity contribution >= 4 is 5.97 Å². The van der Waals surface area contributed by atoms with Crippen LogP contribution in [-0.2, 0) is 4.74 Å². The van der Waals surface area contributed by atoms with E-state index in [1.807, 2.05) is 0 Å². The number of rotatable bonds is 2. The number of carbonyl (C=O) groups is 1. The van der Waals surface area contributed by atoms with E-state index < -0.39 is 23.1 Å². The summed E-state index contributed by atoms with van der Waals surface area (Å²) in [6, 6.07) is 3.62. The lowest BCUT2D eigenvalue weighted by Gasteiger charge is -2.04. The molecule has 0 unspecified atom stereocenters. The van der Waals surface area contributed by atoms with Gasteiger partial charge in [0, 0.05) is 0 Å². The van der Waals surface area contributed by atoms with Crippen LogP contribution in [0.15, 0.2) is 12.1 Å². The van der Waals surface area contributed by atoms with Crippen LogP contribution in [0.5, 0.6) is 5.75 Å². The van der Waals surface area contributed by atoms with Crippen molar-refractivity contribution in [3.63, 3.8) is 0 Å². The lowest BCUT2D eigenvalue weighted by Crippen LogP contribution is -2.08. The van der Waals surface area contributed by atoms with E-state index in [0.717, 1.165) is 12.1 Å². The van der Waals surface area contributed by atoms with E-state index in [2.05, 4.69) is 4.74 Å². The standard InChI is InChI=1S/C10H8FNO3/c1-2-15-10(14)6-3-4-8(13)7(5-12)9(6)11/h3-4,13H,2H2,1H3. The van der Waals surface area contributed by atoms with E-state index in [1.165, 1.54) is 6.07 Å². The van der Waals surface area contributed by atoms with Crippen molar-refractivity contribution in [1.82, 2.24) is 0 Å². The van der Waals surface area contributed by atoms with Crippen molar-refractivity contribution in [2.24, 2.45) is 0 Å². The van der Waals surface area contributed by atoms with Gasteiger partial charge in [-0.1, -0.05) is 0 Å². The summed E-state index contributed by atoms with van der Waals surface area (Å²) in [7, 11) is 0. The number of benzene rings is 1. The van der Waals surface area contributed by atoms with Gasteiger partial charge in [0.05, 0.1) is 12.2 Å². The fourth-order valence-corrected chi connectivity index (χ4v) is 1.04. The second-order valence-electron chi connectivity index (χ2n) is 2.65. The Morgan fingerprint density at radius 2 is 2.33 bits per heavy atom. The number of phenolic OH excluding ortho intramolecular Hbond substituents is 1. The van der Waals surface area contributed by atoms with E-state index in [4.69, 9.17) is 10.4 Å². The molecule has 0 atom stereocenters. The number of nitrogens with zero attached hydrogens (tertiary/aromatic N) is 1. The molecular formula is C10H8FNO3. The number of carbonyl (C=O) groups excluding carboxylic acids is 1. The predicted molar refractivity (Wildman–Crippen MR) is 48.7 cm³/mol. The number of phenols is 1. The number of halogens is 1. The Morgan fingerprint density at radius 3 is 2.87 bits per heavy atom. The van der Waals surface area contributed by atoms with E-state index in [-0.39, 0.29) is 12.2 Å². The molecule has 0 aliphatic carbocycles. The van der Waals surface area contributed by atoms with E-state index >= 15 is 0 Å². The maximum Gasteiger partial charge on any atom is 0.341 e. The van der Waals surface area contributed by atoms with Crippen LogP contribution >= 0.6 is 0 Å². The highest BCUT2D eigenvalue weighted by Crippen LogP contribution is 2.22. The number of ether oxygens (including phenoxy) is 1. The Morgan fingerprint density at radius 1 is 1.67 bits per heavy atom. The minimum absolute atomic E-state index is 0.112. The molecule has 0 aliphatic heterocycles. The average molecular weight is 209 g/mol. The molecule has 78 valence electrons. The third kappa shape index (κ3) is 2.05. The molecule has 0 saturated carbocycles. The first-order valence-corrected chi connectivity index (χ1v) is 4.20. The molecule has 0 aromatic heterocycles. The van der Waals surface area contributed by atoms with Crippen molar-refractivity contribution in [2.45, 2.75) is 6.92 Å². The lowest BCUT2D eigenvalue weighted by atomic mass is 10.1. The highest BCUT2D eigenvalue weighted by atomic mass is 19.1. The molecule has 5 heteroatoms. The van der Waals surface area contributed by atoms with Gasteiger partial charge in [-0.05, 0) is 19.1 Å². The van der Waals surface area contributed by atoms with Gasteiger partial charge in [-0.3, -0.25) is 0 Å². The smallest absolute Gasteiger partial charge is 0.341 e. The second kappa shape index (κ2) is 4.42. The third-order valence-electron chi connectivity index (χ3n) is 1.73. The summed E-state index contributed by atoms with van der Waals surface area (Å²) in [5.41, 5.74) is -0.910. The number of hydrogen-bond donors (Lipinski definition) is 1. The Hall–Kier alpha value is -2.09. The molecule has 0 aliphatic rings. The molecule has 0 saturated heterocycles. The number of aromatic hydroxyl groups is 1. The molecule has 0 spiro atoms.